The Balaban J connectivity index is 0.00000208. The van der Waals surface area contributed by atoms with E-state index < -0.39 is 5.82 Å². The van der Waals surface area contributed by atoms with Crippen molar-refractivity contribution in [3.05, 3.63) is 24.0 Å². The third-order valence-corrected chi connectivity index (χ3v) is 4.80. The quantitative estimate of drug-likeness (QED) is 0.812. The zero-order valence-corrected chi connectivity index (χ0v) is 14.7. The molecule has 1 saturated heterocycles. The van der Waals surface area contributed by atoms with Gasteiger partial charge in [-0.05, 0) is 69.7 Å². The Labute approximate surface area is 148 Å². The van der Waals surface area contributed by atoms with Crippen molar-refractivity contribution in [2.45, 2.75) is 51.0 Å². The topological polar surface area (TPSA) is 50.4 Å². The molecule has 0 spiro atoms. The molecule has 4 nitrogen and oxygen atoms in total. The summed E-state index contributed by atoms with van der Waals surface area (Å²) in [5.41, 5.74) is 0.499. The van der Waals surface area contributed by atoms with Crippen molar-refractivity contribution in [2.24, 2.45) is 5.92 Å². The second-order valence-electron chi connectivity index (χ2n) is 6.60. The fourth-order valence-electron chi connectivity index (χ4n) is 3.07. The highest BCUT2D eigenvalue weighted by atomic mass is 35.5. The number of carbonyl (C=O) groups excluding carboxylic acids is 1. The number of benzene rings is 1. The molecule has 0 unspecified atom stereocenters. The molecule has 0 aromatic heterocycles. The van der Waals surface area contributed by atoms with Gasteiger partial charge in [0.15, 0.2) is 11.6 Å². The third kappa shape index (κ3) is 5.35. The number of amides is 1. The zero-order chi connectivity index (χ0) is 16.1. The minimum absolute atomic E-state index is 0. The van der Waals surface area contributed by atoms with Gasteiger partial charge in [-0.3, -0.25) is 4.79 Å². The second-order valence-corrected chi connectivity index (χ2v) is 6.60. The van der Waals surface area contributed by atoms with Gasteiger partial charge in [0.25, 0.3) is 0 Å². The van der Waals surface area contributed by atoms with Gasteiger partial charge in [-0.2, -0.15) is 0 Å². The molecule has 24 heavy (non-hydrogen) atoms. The Morgan fingerprint density at radius 2 is 2.00 bits per heavy atom. The third-order valence-electron chi connectivity index (χ3n) is 4.80. The van der Waals surface area contributed by atoms with E-state index in [1.165, 1.54) is 6.07 Å². The van der Waals surface area contributed by atoms with Crippen LogP contribution in [0.3, 0.4) is 0 Å². The number of ether oxygens (including phenoxy) is 1. The van der Waals surface area contributed by atoms with Crippen molar-refractivity contribution >= 4 is 24.0 Å². The van der Waals surface area contributed by atoms with Crippen LogP contribution in [0.15, 0.2) is 18.2 Å². The van der Waals surface area contributed by atoms with Crippen LogP contribution in [0.2, 0.25) is 0 Å². The highest BCUT2D eigenvalue weighted by molar-refractivity contribution is 5.90. The van der Waals surface area contributed by atoms with Gasteiger partial charge in [-0.25, -0.2) is 4.39 Å². The Morgan fingerprint density at radius 1 is 1.25 bits per heavy atom. The molecule has 134 valence electrons. The van der Waals surface area contributed by atoms with Crippen LogP contribution in [0.25, 0.3) is 0 Å². The maximum atomic E-state index is 14.0. The molecule has 1 heterocycles. The van der Waals surface area contributed by atoms with Crippen LogP contribution in [0.4, 0.5) is 10.1 Å². The lowest BCUT2D eigenvalue weighted by Gasteiger charge is -2.26. The lowest BCUT2D eigenvalue weighted by Crippen LogP contribution is -2.28. The Bertz CT molecular complexity index is 546. The summed E-state index contributed by atoms with van der Waals surface area (Å²) in [6, 6.07) is 4.66. The second kappa shape index (κ2) is 9.23. The normalized spacial score (nSPS) is 18.4. The summed E-state index contributed by atoms with van der Waals surface area (Å²) in [5.74, 6) is 0.447. The van der Waals surface area contributed by atoms with Gasteiger partial charge in [0.05, 0.1) is 6.10 Å². The molecule has 1 saturated carbocycles. The molecular formula is C18H26ClFN2O2. The first-order valence-electron chi connectivity index (χ1n) is 8.67. The first-order valence-corrected chi connectivity index (χ1v) is 8.67. The maximum Gasteiger partial charge on any atom is 0.224 e. The summed E-state index contributed by atoms with van der Waals surface area (Å²) < 4.78 is 19.6. The molecule has 0 atom stereocenters. The van der Waals surface area contributed by atoms with Crippen molar-refractivity contribution in [2.75, 3.05) is 18.4 Å². The number of anilines is 1. The molecule has 1 aliphatic heterocycles. The van der Waals surface area contributed by atoms with Crippen LogP contribution in [0, 0.1) is 11.7 Å². The van der Waals surface area contributed by atoms with Crippen molar-refractivity contribution in [1.29, 1.82) is 0 Å². The number of carbonyl (C=O) groups is 1. The summed E-state index contributed by atoms with van der Waals surface area (Å²) >= 11 is 0. The smallest absolute Gasteiger partial charge is 0.224 e. The van der Waals surface area contributed by atoms with Crippen LogP contribution in [0.1, 0.15) is 44.9 Å². The average molecular weight is 357 g/mol. The highest BCUT2D eigenvalue weighted by Gasteiger charge is 2.21. The highest BCUT2D eigenvalue weighted by Crippen LogP contribution is 2.28. The van der Waals surface area contributed by atoms with Gasteiger partial charge in [0.1, 0.15) is 0 Å². The first kappa shape index (κ1) is 19.0. The van der Waals surface area contributed by atoms with E-state index in [9.17, 15) is 9.18 Å². The van der Waals surface area contributed by atoms with E-state index in [0.29, 0.717) is 18.0 Å². The fraction of sp³-hybridized carbons (Fsp3) is 0.611. The van der Waals surface area contributed by atoms with E-state index >= 15 is 0 Å². The molecule has 2 fully saturated rings. The molecule has 0 radical (unpaired) electrons. The summed E-state index contributed by atoms with van der Waals surface area (Å²) in [7, 11) is 0. The molecule has 0 bridgehead atoms. The van der Waals surface area contributed by atoms with E-state index in [-0.39, 0.29) is 30.2 Å². The predicted molar refractivity (Wildman–Crippen MR) is 95.4 cm³/mol. The largest absolute Gasteiger partial charge is 0.487 e. The van der Waals surface area contributed by atoms with Crippen molar-refractivity contribution in [1.82, 2.24) is 5.32 Å². The number of hydrogen-bond donors (Lipinski definition) is 2. The maximum absolute atomic E-state index is 14.0. The van der Waals surface area contributed by atoms with Crippen molar-refractivity contribution in [3.63, 3.8) is 0 Å². The molecule has 1 aromatic carbocycles. The van der Waals surface area contributed by atoms with Gasteiger partial charge in [0.2, 0.25) is 5.91 Å². The summed E-state index contributed by atoms with van der Waals surface area (Å²) in [5, 5.41) is 6.10. The van der Waals surface area contributed by atoms with E-state index in [1.54, 1.807) is 12.1 Å². The molecule has 2 aliphatic rings. The molecule has 1 amide bonds. The Hall–Kier alpha value is -1.33. The monoisotopic (exact) mass is 356 g/mol. The van der Waals surface area contributed by atoms with E-state index in [1.807, 2.05) is 0 Å². The molecule has 2 N–H and O–H groups in total. The van der Waals surface area contributed by atoms with Crippen LogP contribution < -0.4 is 15.4 Å². The lowest BCUT2D eigenvalue weighted by molar-refractivity contribution is -0.116. The van der Waals surface area contributed by atoms with Crippen LogP contribution in [-0.2, 0) is 4.79 Å². The first-order chi connectivity index (χ1) is 11.2. The summed E-state index contributed by atoms with van der Waals surface area (Å²) in [4.78, 5) is 12.0. The van der Waals surface area contributed by atoms with Gasteiger partial charge in [-0.1, -0.05) is 0 Å². The Kier molecular flexibility index (Phi) is 7.31. The standard InChI is InChI=1S/C18H25FN2O2.ClH/c19-16-12-14(5-6-17(16)23-15-2-1-3-15)21-18(22)7-4-13-8-10-20-11-9-13;/h5-6,12-13,15,20H,1-4,7-11H2,(H,21,22);1H. The SMILES string of the molecule is Cl.O=C(CCC1CCNCC1)Nc1ccc(OC2CCC2)c(F)c1. The number of rotatable bonds is 6. The van der Waals surface area contributed by atoms with Crippen LogP contribution in [0.5, 0.6) is 5.75 Å². The van der Waals surface area contributed by atoms with Crippen molar-refractivity contribution in [3.8, 4) is 5.75 Å². The van der Waals surface area contributed by atoms with Gasteiger partial charge in [-0.15, -0.1) is 12.4 Å². The number of piperidine rings is 1. The lowest BCUT2D eigenvalue weighted by atomic mass is 9.93. The van der Waals surface area contributed by atoms with Crippen molar-refractivity contribution < 1.29 is 13.9 Å². The average Bonchev–Trinajstić information content (AvgIpc) is 2.51. The van der Waals surface area contributed by atoms with E-state index in [0.717, 1.165) is 51.6 Å². The number of hydrogen-bond acceptors (Lipinski definition) is 3. The molecule has 3 rings (SSSR count). The molecular weight excluding hydrogens is 331 g/mol. The number of halogens is 2. The van der Waals surface area contributed by atoms with Crippen LogP contribution in [-0.4, -0.2) is 25.1 Å². The van der Waals surface area contributed by atoms with Gasteiger partial charge in [0, 0.05) is 18.2 Å². The summed E-state index contributed by atoms with van der Waals surface area (Å²) in [6.07, 6.45) is 6.95. The molecule has 1 aliphatic carbocycles. The Morgan fingerprint density at radius 3 is 2.62 bits per heavy atom. The van der Waals surface area contributed by atoms with Crippen LogP contribution >= 0.6 is 12.4 Å². The van der Waals surface area contributed by atoms with E-state index in [4.69, 9.17) is 4.74 Å². The zero-order valence-electron chi connectivity index (χ0n) is 13.9. The fourth-order valence-corrected chi connectivity index (χ4v) is 3.07. The predicted octanol–water partition coefficient (Wildman–Crippen LogP) is 3.90. The van der Waals surface area contributed by atoms with E-state index in [2.05, 4.69) is 10.6 Å². The molecule has 1 aromatic rings. The minimum Gasteiger partial charge on any atom is -0.487 e. The summed E-state index contributed by atoms with van der Waals surface area (Å²) in [6.45, 7) is 2.08. The van der Waals surface area contributed by atoms with Gasteiger partial charge < -0.3 is 15.4 Å². The molecule has 6 heteroatoms. The number of nitrogens with one attached hydrogen (secondary N) is 2. The minimum atomic E-state index is -0.409. The van der Waals surface area contributed by atoms with Gasteiger partial charge >= 0.3 is 0 Å².